The minimum Gasteiger partial charge on any atom is -0.441 e. The van der Waals surface area contributed by atoms with Crippen LogP contribution in [0.4, 0.5) is 0 Å². The molecule has 1 N–H and O–H groups in total. The van der Waals surface area contributed by atoms with E-state index in [4.69, 9.17) is 21.7 Å². The molecule has 3 rings (SSSR count). The van der Waals surface area contributed by atoms with Crippen LogP contribution in [0.2, 0.25) is 0 Å². The normalized spacial score (nSPS) is 24.2. The molecule has 0 atom stereocenters. The van der Waals surface area contributed by atoms with E-state index in [1.807, 2.05) is 6.26 Å². The number of carbonyl (C=O) groups excluding carboxylic acids is 1. The smallest absolute Gasteiger partial charge is 0.256 e. The van der Waals surface area contributed by atoms with Gasteiger partial charge in [0, 0.05) is 11.6 Å². The lowest BCUT2D eigenvalue weighted by Crippen LogP contribution is -2.49. The van der Waals surface area contributed by atoms with Crippen molar-refractivity contribution in [3.05, 3.63) is 39.1 Å². The summed E-state index contributed by atoms with van der Waals surface area (Å²) in [6.07, 6.45) is 7.11. The van der Waals surface area contributed by atoms with Crippen LogP contribution in [0.15, 0.2) is 22.4 Å². The van der Waals surface area contributed by atoms with Gasteiger partial charge in [0.2, 0.25) is 4.38 Å². The number of hydrogen-bond donors (Lipinski definition) is 1. The van der Waals surface area contributed by atoms with E-state index in [1.165, 1.54) is 11.8 Å². The Balaban J connectivity index is 2.20. The summed E-state index contributed by atoms with van der Waals surface area (Å²) in [6, 6.07) is 4.21. The Bertz CT molecular complexity index is 819. The summed E-state index contributed by atoms with van der Waals surface area (Å²) in [4.78, 5) is 13.4. The van der Waals surface area contributed by atoms with Crippen molar-refractivity contribution in [1.82, 2.24) is 5.32 Å². The third-order valence-electron chi connectivity index (χ3n) is 5.99. The SMILES string of the molecule is CCc1cc(Br)cc(CC)c1C1=C(OC(=S)SC)C2(CCC(OC)CC2)NC1=O. The molecule has 4 nitrogen and oxygen atoms in total. The molecule has 1 amide bonds. The topological polar surface area (TPSA) is 47.6 Å². The van der Waals surface area contributed by atoms with Crippen molar-refractivity contribution in [1.29, 1.82) is 0 Å². The molecule has 1 aliphatic carbocycles. The van der Waals surface area contributed by atoms with Crippen LogP contribution in [-0.4, -0.2) is 35.3 Å². The van der Waals surface area contributed by atoms with Gasteiger partial charge in [-0.2, -0.15) is 0 Å². The molecule has 1 heterocycles. The number of hydrogen-bond acceptors (Lipinski definition) is 5. The van der Waals surface area contributed by atoms with Gasteiger partial charge >= 0.3 is 0 Å². The summed E-state index contributed by atoms with van der Waals surface area (Å²) in [5, 5.41) is 3.29. The van der Waals surface area contributed by atoms with Crippen molar-refractivity contribution in [3.63, 3.8) is 0 Å². The van der Waals surface area contributed by atoms with Crippen molar-refractivity contribution in [2.24, 2.45) is 0 Å². The van der Waals surface area contributed by atoms with Crippen LogP contribution in [0.5, 0.6) is 0 Å². The van der Waals surface area contributed by atoms with Crippen molar-refractivity contribution in [2.45, 2.75) is 64.0 Å². The van der Waals surface area contributed by atoms with E-state index >= 15 is 0 Å². The molecule has 0 saturated heterocycles. The molecule has 29 heavy (non-hydrogen) atoms. The van der Waals surface area contributed by atoms with E-state index in [-0.39, 0.29) is 12.0 Å². The molecule has 2 aliphatic rings. The van der Waals surface area contributed by atoms with Crippen molar-refractivity contribution < 1.29 is 14.3 Å². The highest BCUT2D eigenvalue weighted by Gasteiger charge is 2.50. The quantitative estimate of drug-likeness (QED) is 0.551. The molecule has 0 aromatic heterocycles. The average Bonchev–Trinajstić information content (AvgIpc) is 2.98. The van der Waals surface area contributed by atoms with Crippen LogP contribution in [-0.2, 0) is 27.1 Å². The summed E-state index contributed by atoms with van der Waals surface area (Å²) in [6.45, 7) is 4.23. The molecule has 1 saturated carbocycles. The number of thiocarbonyl (C=S) groups is 1. The first kappa shape index (κ1) is 22.8. The van der Waals surface area contributed by atoms with Gasteiger partial charge in [0.05, 0.1) is 17.2 Å². The van der Waals surface area contributed by atoms with E-state index in [0.29, 0.717) is 15.7 Å². The molecule has 0 bridgehead atoms. The Kier molecular flexibility index (Phi) is 7.46. The number of nitrogens with one attached hydrogen (secondary N) is 1. The van der Waals surface area contributed by atoms with E-state index in [9.17, 15) is 4.79 Å². The first-order valence-corrected chi connectivity index (χ1v) is 12.5. The molecule has 0 unspecified atom stereocenters. The predicted molar refractivity (Wildman–Crippen MR) is 127 cm³/mol. The summed E-state index contributed by atoms with van der Waals surface area (Å²) in [7, 11) is 1.75. The molecule has 7 heteroatoms. The Morgan fingerprint density at radius 3 is 2.34 bits per heavy atom. The number of benzene rings is 1. The first-order chi connectivity index (χ1) is 13.9. The summed E-state index contributed by atoms with van der Waals surface area (Å²) < 4.78 is 13.3. The number of aryl methyl sites for hydroxylation is 2. The van der Waals surface area contributed by atoms with Crippen LogP contribution in [0, 0.1) is 0 Å². The highest BCUT2D eigenvalue weighted by atomic mass is 79.9. The van der Waals surface area contributed by atoms with Crippen LogP contribution >= 0.6 is 39.9 Å². The van der Waals surface area contributed by atoms with E-state index in [1.54, 1.807) is 7.11 Å². The van der Waals surface area contributed by atoms with Gasteiger partial charge in [0.15, 0.2) is 0 Å². The maximum absolute atomic E-state index is 13.4. The van der Waals surface area contributed by atoms with Crippen LogP contribution in [0.25, 0.3) is 5.57 Å². The largest absolute Gasteiger partial charge is 0.441 e. The van der Waals surface area contributed by atoms with Gasteiger partial charge in [0.25, 0.3) is 5.91 Å². The second-order valence-electron chi connectivity index (χ2n) is 7.54. The van der Waals surface area contributed by atoms with Gasteiger partial charge in [0.1, 0.15) is 5.76 Å². The Hall–Kier alpha value is -0.890. The second-order valence-corrected chi connectivity index (χ2v) is 9.86. The fourth-order valence-electron chi connectivity index (χ4n) is 4.46. The first-order valence-electron chi connectivity index (χ1n) is 10.1. The van der Waals surface area contributed by atoms with Crippen molar-refractivity contribution in [2.75, 3.05) is 13.4 Å². The number of ether oxygens (including phenoxy) is 2. The summed E-state index contributed by atoms with van der Waals surface area (Å²) in [5.74, 6) is 0.634. The minimum atomic E-state index is -0.510. The molecule has 0 radical (unpaired) electrons. The lowest BCUT2D eigenvalue weighted by molar-refractivity contribution is -0.116. The van der Waals surface area contributed by atoms with E-state index in [0.717, 1.165) is 59.7 Å². The molecular weight excluding hydrogens is 470 g/mol. The Labute approximate surface area is 191 Å². The maximum atomic E-state index is 13.4. The highest BCUT2D eigenvalue weighted by molar-refractivity contribution is 9.10. The molecule has 158 valence electrons. The van der Waals surface area contributed by atoms with Crippen molar-refractivity contribution in [3.8, 4) is 0 Å². The zero-order chi connectivity index (χ0) is 21.2. The van der Waals surface area contributed by atoms with E-state index in [2.05, 4.69) is 47.2 Å². The number of thioether (sulfide) groups is 1. The fourth-order valence-corrected chi connectivity index (χ4v) is 5.26. The van der Waals surface area contributed by atoms with Gasteiger partial charge in [-0.05, 0) is 85.8 Å². The lowest BCUT2D eigenvalue weighted by atomic mass is 9.78. The Morgan fingerprint density at radius 1 is 1.28 bits per heavy atom. The molecule has 1 aromatic carbocycles. The predicted octanol–water partition coefficient (Wildman–Crippen LogP) is 5.41. The molecule has 1 aromatic rings. The van der Waals surface area contributed by atoms with Gasteiger partial charge in [-0.15, -0.1) is 0 Å². The maximum Gasteiger partial charge on any atom is 0.256 e. The summed E-state index contributed by atoms with van der Waals surface area (Å²) >= 11 is 10.4. The highest BCUT2D eigenvalue weighted by Crippen LogP contribution is 2.45. The minimum absolute atomic E-state index is 0.0634. The second kappa shape index (κ2) is 9.50. The van der Waals surface area contributed by atoms with Crippen LogP contribution in [0.3, 0.4) is 0 Å². The molecule has 1 fully saturated rings. The number of rotatable bonds is 5. The van der Waals surface area contributed by atoms with Crippen LogP contribution in [0.1, 0.15) is 56.2 Å². The monoisotopic (exact) mass is 497 g/mol. The number of methoxy groups -OCH3 is 1. The van der Waals surface area contributed by atoms with Gasteiger partial charge < -0.3 is 14.8 Å². The summed E-state index contributed by atoms with van der Waals surface area (Å²) in [5.41, 5.74) is 3.42. The third kappa shape index (κ3) is 4.43. The fraction of sp³-hybridized carbons (Fsp3) is 0.545. The standard InChI is InChI=1S/C22H28BrNO3S2/c1-5-13-11-15(23)12-14(6-2)17(13)18-19(27-21(28)29-4)22(24-20(18)25)9-7-16(26-3)8-10-22/h11-12,16H,5-10H2,1-4H3,(H,24,25). The number of amides is 1. The van der Waals surface area contributed by atoms with Gasteiger partial charge in [-0.1, -0.05) is 41.5 Å². The van der Waals surface area contributed by atoms with Crippen molar-refractivity contribution >= 4 is 55.8 Å². The zero-order valence-corrected chi connectivity index (χ0v) is 20.6. The lowest BCUT2D eigenvalue weighted by Gasteiger charge is -2.38. The van der Waals surface area contributed by atoms with Gasteiger partial charge in [-0.3, -0.25) is 4.79 Å². The molecular formula is C22H28BrNO3S2. The average molecular weight is 499 g/mol. The van der Waals surface area contributed by atoms with Crippen LogP contribution < -0.4 is 5.32 Å². The molecule has 1 aliphatic heterocycles. The van der Waals surface area contributed by atoms with Gasteiger partial charge in [-0.25, -0.2) is 0 Å². The zero-order valence-electron chi connectivity index (χ0n) is 17.4. The number of halogens is 1. The Morgan fingerprint density at radius 2 is 1.86 bits per heavy atom. The van der Waals surface area contributed by atoms with E-state index < -0.39 is 5.54 Å². The molecule has 1 spiro atoms. The third-order valence-corrected chi connectivity index (χ3v) is 7.45. The number of carbonyl (C=O) groups is 1.